The summed E-state index contributed by atoms with van der Waals surface area (Å²) in [7, 11) is 1.58. The fraction of sp³-hybridized carbons (Fsp3) is 0.400. The first-order valence-electron chi connectivity index (χ1n) is 7.14. The molecule has 1 aliphatic rings. The number of H-pyrrole nitrogens is 1. The number of pyridine rings is 1. The van der Waals surface area contributed by atoms with E-state index in [0.717, 1.165) is 5.56 Å². The average molecular weight is 302 g/mol. The molecule has 0 aromatic carbocycles. The van der Waals surface area contributed by atoms with Gasteiger partial charge in [-0.2, -0.15) is 5.10 Å². The highest BCUT2D eigenvalue weighted by atomic mass is 16.5. The molecule has 7 nitrogen and oxygen atoms in total. The number of hydrogen-bond donors (Lipinski definition) is 3. The molecule has 0 bridgehead atoms. The molecule has 1 fully saturated rings. The molecule has 116 valence electrons. The summed E-state index contributed by atoms with van der Waals surface area (Å²) >= 11 is 0. The second-order valence-electron chi connectivity index (χ2n) is 5.48. The van der Waals surface area contributed by atoms with Gasteiger partial charge >= 0.3 is 0 Å². The van der Waals surface area contributed by atoms with Gasteiger partial charge < -0.3 is 15.2 Å². The number of methoxy groups -OCH3 is 1. The standard InChI is InChI=1S/C15H18N4O3/c1-22-13-4-10(5-16-8-13)14(9-2-12(20)3-9)19-15(21)11-6-17-18-7-11/h4-9,12,14,20H,2-3H2,1H3,(H,17,18)(H,19,21)/t9?,12?,14-/m1/s1. The van der Waals surface area contributed by atoms with Crippen molar-refractivity contribution in [3.8, 4) is 5.75 Å². The number of hydrogen-bond acceptors (Lipinski definition) is 5. The maximum absolute atomic E-state index is 12.3. The third-order valence-corrected chi connectivity index (χ3v) is 4.00. The molecule has 3 rings (SSSR count). The Labute approximate surface area is 127 Å². The van der Waals surface area contributed by atoms with Crippen LogP contribution in [-0.4, -0.2) is 39.4 Å². The highest BCUT2D eigenvalue weighted by molar-refractivity contribution is 5.93. The van der Waals surface area contributed by atoms with E-state index in [1.165, 1.54) is 6.20 Å². The molecule has 2 heterocycles. The molecule has 2 aromatic heterocycles. The van der Waals surface area contributed by atoms with Crippen molar-refractivity contribution in [1.82, 2.24) is 20.5 Å². The van der Waals surface area contributed by atoms with Gasteiger partial charge in [0.05, 0.1) is 37.2 Å². The van der Waals surface area contributed by atoms with Crippen molar-refractivity contribution in [1.29, 1.82) is 0 Å². The first kappa shape index (κ1) is 14.5. The predicted octanol–water partition coefficient (Wildman–Crippen LogP) is 1.06. The van der Waals surface area contributed by atoms with Crippen LogP contribution in [0.1, 0.15) is 34.8 Å². The second-order valence-corrected chi connectivity index (χ2v) is 5.48. The molecule has 0 spiro atoms. The van der Waals surface area contributed by atoms with E-state index in [1.807, 2.05) is 6.07 Å². The van der Waals surface area contributed by atoms with Crippen molar-refractivity contribution < 1.29 is 14.6 Å². The lowest BCUT2D eigenvalue weighted by Crippen LogP contribution is -2.41. The number of carbonyl (C=O) groups excluding carboxylic acids is 1. The SMILES string of the molecule is COc1cncc([C@H](NC(=O)c2cn[nH]c2)C2CC(O)C2)c1. The monoisotopic (exact) mass is 302 g/mol. The number of amides is 1. The van der Waals surface area contributed by atoms with Crippen LogP contribution in [0.4, 0.5) is 0 Å². The summed E-state index contributed by atoms with van der Waals surface area (Å²) in [6.45, 7) is 0. The van der Waals surface area contributed by atoms with Crippen LogP contribution in [-0.2, 0) is 0 Å². The van der Waals surface area contributed by atoms with Crippen LogP contribution in [0.15, 0.2) is 30.9 Å². The van der Waals surface area contributed by atoms with Gasteiger partial charge in [0.15, 0.2) is 0 Å². The Morgan fingerprint density at radius 1 is 1.45 bits per heavy atom. The topological polar surface area (TPSA) is 100 Å². The van der Waals surface area contributed by atoms with Crippen LogP contribution < -0.4 is 10.1 Å². The Morgan fingerprint density at radius 2 is 2.27 bits per heavy atom. The normalized spacial score (nSPS) is 21.7. The number of nitrogens with zero attached hydrogens (tertiary/aromatic N) is 2. The Bertz CT molecular complexity index is 638. The zero-order valence-corrected chi connectivity index (χ0v) is 12.2. The van der Waals surface area contributed by atoms with Crippen molar-refractivity contribution in [3.05, 3.63) is 42.0 Å². The van der Waals surface area contributed by atoms with Gasteiger partial charge in [0, 0.05) is 12.4 Å². The molecular formula is C15H18N4O3. The molecule has 0 unspecified atom stereocenters. The van der Waals surface area contributed by atoms with E-state index >= 15 is 0 Å². The zero-order chi connectivity index (χ0) is 15.5. The largest absolute Gasteiger partial charge is 0.495 e. The molecule has 3 N–H and O–H groups in total. The van der Waals surface area contributed by atoms with Crippen molar-refractivity contribution in [2.75, 3.05) is 7.11 Å². The number of nitrogens with one attached hydrogen (secondary N) is 2. The number of ether oxygens (including phenoxy) is 1. The van der Waals surface area contributed by atoms with Gasteiger partial charge in [-0.25, -0.2) is 0 Å². The van der Waals surface area contributed by atoms with E-state index in [9.17, 15) is 9.90 Å². The molecule has 1 saturated carbocycles. The number of aromatic nitrogens is 3. The van der Waals surface area contributed by atoms with E-state index < -0.39 is 0 Å². The first-order chi connectivity index (χ1) is 10.7. The van der Waals surface area contributed by atoms with Crippen LogP contribution in [0.25, 0.3) is 0 Å². The van der Waals surface area contributed by atoms with E-state index in [0.29, 0.717) is 24.2 Å². The summed E-state index contributed by atoms with van der Waals surface area (Å²) < 4.78 is 5.20. The molecule has 1 amide bonds. The molecule has 0 aliphatic heterocycles. The van der Waals surface area contributed by atoms with Crippen LogP contribution in [0, 0.1) is 5.92 Å². The van der Waals surface area contributed by atoms with Gasteiger partial charge in [-0.15, -0.1) is 0 Å². The number of rotatable bonds is 5. The average Bonchev–Trinajstić information content (AvgIpc) is 3.04. The van der Waals surface area contributed by atoms with Crippen molar-refractivity contribution in [2.24, 2.45) is 5.92 Å². The molecule has 0 radical (unpaired) electrons. The van der Waals surface area contributed by atoms with Crippen molar-refractivity contribution >= 4 is 5.91 Å². The van der Waals surface area contributed by atoms with Gasteiger partial charge in [0.1, 0.15) is 5.75 Å². The summed E-state index contributed by atoms with van der Waals surface area (Å²) in [5, 5.41) is 19.0. The molecule has 0 saturated heterocycles. The lowest BCUT2D eigenvalue weighted by Gasteiger charge is -2.38. The Morgan fingerprint density at radius 3 is 2.91 bits per heavy atom. The van der Waals surface area contributed by atoms with Gasteiger partial charge in [-0.1, -0.05) is 0 Å². The zero-order valence-electron chi connectivity index (χ0n) is 12.2. The summed E-state index contributed by atoms with van der Waals surface area (Å²) in [6.07, 6.45) is 7.39. The molecule has 22 heavy (non-hydrogen) atoms. The lowest BCUT2D eigenvalue weighted by atomic mass is 9.75. The second kappa shape index (κ2) is 6.15. The fourth-order valence-electron chi connectivity index (χ4n) is 2.69. The Kier molecular flexibility index (Phi) is 4.06. The minimum absolute atomic E-state index is 0.180. The van der Waals surface area contributed by atoms with Crippen LogP contribution in [0.2, 0.25) is 0 Å². The smallest absolute Gasteiger partial charge is 0.254 e. The number of aliphatic hydroxyl groups is 1. The summed E-state index contributed by atoms with van der Waals surface area (Å²) in [5.74, 6) is 0.614. The van der Waals surface area contributed by atoms with Gasteiger partial charge in [-0.05, 0) is 30.4 Å². The van der Waals surface area contributed by atoms with E-state index in [1.54, 1.807) is 25.7 Å². The number of aromatic amines is 1. The molecular weight excluding hydrogens is 284 g/mol. The third kappa shape index (κ3) is 2.94. The summed E-state index contributed by atoms with van der Waals surface area (Å²) in [5.41, 5.74) is 1.34. The molecule has 2 aromatic rings. The number of aliphatic hydroxyl groups excluding tert-OH is 1. The van der Waals surface area contributed by atoms with E-state index in [4.69, 9.17) is 4.74 Å². The van der Waals surface area contributed by atoms with Gasteiger partial charge in [0.2, 0.25) is 0 Å². The van der Waals surface area contributed by atoms with Crippen LogP contribution in [0.5, 0.6) is 5.75 Å². The maximum Gasteiger partial charge on any atom is 0.254 e. The highest BCUT2D eigenvalue weighted by Gasteiger charge is 2.36. The van der Waals surface area contributed by atoms with E-state index in [-0.39, 0.29) is 24.0 Å². The van der Waals surface area contributed by atoms with E-state index in [2.05, 4.69) is 20.5 Å². The Balaban J connectivity index is 1.82. The Hall–Kier alpha value is -2.41. The maximum atomic E-state index is 12.3. The summed E-state index contributed by atoms with van der Waals surface area (Å²) in [6, 6.07) is 1.64. The predicted molar refractivity (Wildman–Crippen MR) is 78.3 cm³/mol. The lowest BCUT2D eigenvalue weighted by molar-refractivity contribution is 0.0234. The highest BCUT2D eigenvalue weighted by Crippen LogP contribution is 2.38. The van der Waals surface area contributed by atoms with Gasteiger partial charge in [0.25, 0.3) is 5.91 Å². The molecule has 1 atom stereocenters. The minimum Gasteiger partial charge on any atom is -0.495 e. The van der Waals surface area contributed by atoms with Crippen molar-refractivity contribution in [2.45, 2.75) is 25.0 Å². The molecule has 7 heteroatoms. The van der Waals surface area contributed by atoms with Crippen LogP contribution >= 0.6 is 0 Å². The quantitative estimate of drug-likeness (QED) is 0.766. The third-order valence-electron chi connectivity index (χ3n) is 4.00. The minimum atomic E-state index is -0.295. The first-order valence-corrected chi connectivity index (χ1v) is 7.14. The van der Waals surface area contributed by atoms with Crippen molar-refractivity contribution in [3.63, 3.8) is 0 Å². The van der Waals surface area contributed by atoms with Gasteiger partial charge in [-0.3, -0.25) is 14.9 Å². The molecule has 1 aliphatic carbocycles. The summed E-state index contributed by atoms with van der Waals surface area (Å²) in [4.78, 5) is 16.4. The fourth-order valence-corrected chi connectivity index (χ4v) is 2.69. The number of carbonyl (C=O) groups is 1. The van der Waals surface area contributed by atoms with Crippen LogP contribution in [0.3, 0.4) is 0 Å².